The lowest BCUT2D eigenvalue weighted by atomic mass is 9.95. The van der Waals surface area contributed by atoms with Gasteiger partial charge >= 0.3 is 0 Å². The van der Waals surface area contributed by atoms with Crippen molar-refractivity contribution in [2.75, 3.05) is 19.6 Å². The Morgan fingerprint density at radius 2 is 2.05 bits per heavy atom. The minimum absolute atomic E-state index is 0.0795. The molecule has 0 radical (unpaired) electrons. The second-order valence-corrected chi connectivity index (χ2v) is 5.80. The maximum absolute atomic E-state index is 11.9. The lowest BCUT2D eigenvalue weighted by molar-refractivity contribution is -0.128. The van der Waals surface area contributed by atoms with E-state index in [2.05, 4.69) is 5.32 Å². The molecule has 2 aliphatic rings. The van der Waals surface area contributed by atoms with Crippen LogP contribution in [0.15, 0.2) is 0 Å². The van der Waals surface area contributed by atoms with Crippen LogP contribution in [0.25, 0.3) is 0 Å². The van der Waals surface area contributed by atoms with E-state index >= 15 is 0 Å². The van der Waals surface area contributed by atoms with Gasteiger partial charge in [-0.25, -0.2) is 0 Å². The summed E-state index contributed by atoms with van der Waals surface area (Å²) < 4.78 is 0. The van der Waals surface area contributed by atoms with E-state index in [1.54, 1.807) is 4.90 Å². The molecule has 3 N–H and O–H groups in total. The van der Waals surface area contributed by atoms with E-state index in [4.69, 9.17) is 5.73 Å². The van der Waals surface area contributed by atoms with Crippen LogP contribution < -0.4 is 11.1 Å². The Bertz CT molecular complexity index is 327. The molecule has 0 bridgehead atoms. The van der Waals surface area contributed by atoms with E-state index in [0.29, 0.717) is 38.5 Å². The molecular weight excluding hydrogens is 242 g/mol. The van der Waals surface area contributed by atoms with Gasteiger partial charge in [0.2, 0.25) is 11.8 Å². The minimum atomic E-state index is 0.0795. The molecule has 1 aliphatic carbocycles. The van der Waals surface area contributed by atoms with Crippen molar-refractivity contribution in [1.29, 1.82) is 0 Å². The molecule has 5 heteroatoms. The monoisotopic (exact) mass is 267 g/mol. The largest absolute Gasteiger partial charge is 0.353 e. The second-order valence-electron chi connectivity index (χ2n) is 5.80. The third-order valence-electron chi connectivity index (χ3n) is 4.21. The van der Waals surface area contributed by atoms with E-state index in [1.165, 1.54) is 19.3 Å². The first-order valence-corrected chi connectivity index (χ1v) is 7.46. The first-order chi connectivity index (χ1) is 9.19. The predicted octanol–water partition coefficient (Wildman–Crippen LogP) is 0.633. The van der Waals surface area contributed by atoms with Gasteiger partial charge in [-0.2, -0.15) is 0 Å². The Hall–Kier alpha value is -1.10. The van der Waals surface area contributed by atoms with E-state index in [9.17, 15) is 9.59 Å². The number of likely N-dealkylation sites (tertiary alicyclic amines) is 1. The Morgan fingerprint density at radius 3 is 2.68 bits per heavy atom. The van der Waals surface area contributed by atoms with Crippen LogP contribution in [0, 0.1) is 5.92 Å². The van der Waals surface area contributed by atoms with Crippen molar-refractivity contribution in [3.8, 4) is 0 Å². The highest BCUT2D eigenvalue weighted by molar-refractivity contribution is 5.80. The van der Waals surface area contributed by atoms with Gasteiger partial charge in [0.25, 0.3) is 0 Å². The fourth-order valence-corrected chi connectivity index (χ4v) is 3.01. The van der Waals surface area contributed by atoms with Crippen molar-refractivity contribution in [1.82, 2.24) is 10.2 Å². The van der Waals surface area contributed by atoms with Crippen LogP contribution >= 0.6 is 0 Å². The normalized spacial score (nSPS) is 24.8. The van der Waals surface area contributed by atoms with Crippen molar-refractivity contribution in [3.05, 3.63) is 0 Å². The fraction of sp³-hybridized carbons (Fsp3) is 0.857. The third kappa shape index (κ3) is 4.20. The van der Waals surface area contributed by atoms with Crippen LogP contribution in [0.4, 0.5) is 0 Å². The molecule has 108 valence electrons. The van der Waals surface area contributed by atoms with Crippen LogP contribution in [0.5, 0.6) is 0 Å². The lowest BCUT2D eigenvalue weighted by Crippen LogP contribution is -2.38. The van der Waals surface area contributed by atoms with Crippen LogP contribution in [0.1, 0.15) is 44.9 Å². The standard InChI is InChI=1S/C14H25N3O2/c15-9-11-8-14(19)17(10-11)7-6-13(18)16-12-4-2-1-3-5-12/h11-12H,1-10,15H2,(H,16,18). The molecule has 1 aliphatic heterocycles. The number of nitrogens with two attached hydrogens (primary N) is 1. The van der Waals surface area contributed by atoms with Crippen LogP contribution in [0.3, 0.4) is 0 Å². The highest BCUT2D eigenvalue weighted by Gasteiger charge is 2.28. The van der Waals surface area contributed by atoms with Gasteiger partial charge in [-0.3, -0.25) is 9.59 Å². The van der Waals surface area contributed by atoms with Gasteiger partial charge in [0, 0.05) is 32.0 Å². The summed E-state index contributed by atoms with van der Waals surface area (Å²) in [5, 5.41) is 3.08. The SMILES string of the molecule is NCC1CC(=O)N(CCC(=O)NC2CCCCC2)C1. The van der Waals surface area contributed by atoms with Gasteiger partial charge in [0.15, 0.2) is 0 Å². The molecule has 0 aromatic rings. The molecule has 19 heavy (non-hydrogen) atoms. The number of nitrogens with zero attached hydrogens (tertiary/aromatic N) is 1. The summed E-state index contributed by atoms with van der Waals surface area (Å²) in [6, 6.07) is 0.354. The lowest BCUT2D eigenvalue weighted by Gasteiger charge is -2.23. The zero-order chi connectivity index (χ0) is 13.7. The average Bonchev–Trinajstić information content (AvgIpc) is 2.78. The maximum Gasteiger partial charge on any atom is 0.222 e. The number of hydrogen-bond donors (Lipinski definition) is 2. The molecule has 5 nitrogen and oxygen atoms in total. The summed E-state index contributed by atoms with van der Waals surface area (Å²) in [5.74, 6) is 0.491. The van der Waals surface area contributed by atoms with Crippen LogP contribution in [-0.4, -0.2) is 42.4 Å². The summed E-state index contributed by atoms with van der Waals surface area (Å²) >= 11 is 0. The number of carbonyl (C=O) groups excluding carboxylic acids is 2. The van der Waals surface area contributed by atoms with E-state index in [0.717, 1.165) is 12.8 Å². The summed E-state index contributed by atoms with van der Waals surface area (Å²) in [4.78, 5) is 25.3. The van der Waals surface area contributed by atoms with E-state index < -0.39 is 0 Å². The Kier molecular flexibility index (Phi) is 5.19. The molecule has 1 saturated heterocycles. The quantitative estimate of drug-likeness (QED) is 0.767. The number of hydrogen-bond acceptors (Lipinski definition) is 3. The van der Waals surface area contributed by atoms with Gasteiger partial charge in [0.1, 0.15) is 0 Å². The zero-order valence-electron chi connectivity index (χ0n) is 11.6. The molecule has 0 aromatic carbocycles. The average molecular weight is 267 g/mol. The molecule has 2 fully saturated rings. The smallest absolute Gasteiger partial charge is 0.222 e. The third-order valence-corrected chi connectivity index (χ3v) is 4.21. The summed E-state index contributed by atoms with van der Waals surface area (Å²) in [7, 11) is 0. The molecule has 1 unspecified atom stereocenters. The molecule has 0 spiro atoms. The Labute approximate surface area is 114 Å². The van der Waals surface area contributed by atoms with Crippen molar-refractivity contribution >= 4 is 11.8 Å². The number of nitrogens with one attached hydrogen (secondary N) is 1. The summed E-state index contributed by atoms with van der Waals surface area (Å²) in [6.07, 6.45) is 6.88. The summed E-state index contributed by atoms with van der Waals surface area (Å²) in [5.41, 5.74) is 5.58. The van der Waals surface area contributed by atoms with Crippen molar-refractivity contribution in [2.24, 2.45) is 11.7 Å². The molecule has 0 aromatic heterocycles. The van der Waals surface area contributed by atoms with Gasteiger partial charge in [-0.1, -0.05) is 19.3 Å². The van der Waals surface area contributed by atoms with Gasteiger partial charge in [-0.15, -0.1) is 0 Å². The first kappa shape index (κ1) is 14.3. The zero-order valence-corrected chi connectivity index (χ0v) is 11.6. The van der Waals surface area contributed by atoms with Crippen molar-refractivity contribution in [2.45, 2.75) is 51.0 Å². The van der Waals surface area contributed by atoms with Crippen molar-refractivity contribution in [3.63, 3.8) is 0 Å². The highest BCUT2D eigenvalue weighted by atomic mass is 16.2. The number of rotatable bonds is 5. The number of carbonyl (C=O) groups is 2. The second kappa shape index (κ2) is 6.89. The Balaban J connectivity index is 1.67. The van der Waals surface area contributed by atoms with Gasteiger partial charge in [-0.05, 0) is 25.3 Å². The minimum Gasteiger partial charge on any atom is -0.353 e. The predicted molar refractivity (Wildman–Crippen MR) is 73.4 cm³/mol. The van der Waals surface area contributed by atoms with Crippen LogP contribution in [0.2, 0.25) is 0 Å². The van der Waals surface area contributed by atoms with Gasteiger partial charge < -0.3 is 16.0 Å². The maximum atomic E-state index is 11.9. The molecule has 1 atom stereocenters. The summed E-state index contributed by atoms with van der Waals surface area (Å²) in [6.45, 7) is 1.80. The highest BCUT2D eigenvalue weighted by Crippen LogP contribution is 2.18. The Morgan fingerprint density at radius 1 is 1.32 bits per heavy atom. The van der Waals surface area contributed by atoms with E-state index in [1.807, 2.05) is 0 Å². The molecule has 2 amide bonds. The van der Waals surface area contributed by atoms with E-state index in [-0.39, 0.29) is 17.7 Å². The van der Waals surface area contributed by atoms with Gasteiger partial charge in [0.05, 0.1) is 0 Å². The topological polar surface area (TPSA) is 75.4 Å². The first-order valence-electron chi connectivity index (χ1n) is 7.46. The molecule has 1 heterocycles. The van der Waals surface area contributed by atoms with Crippen molar-refractivity contribution < 1.29 is 9.59 Å². The fourth-order valence-electron chi connectivity index (χ4n) is 3.01. The molecule has 1 saturated carbocycles. The molecule has 2 rings (SSSR count). The van der Waals surface area contributed by atoms with Crippen LogP contribution in [-0.2, 0) is 9.59 Å². The molecular formula is C14H25N3O2. The number of amides is 2.